The van der Waals surface area contributed by atoms with Gasteiger partial charge in [-0.2, -0.15) is 0 Å². The van der Waals surface area contributed by atoms with Crippen LogP contribution in [0.1, 0.15) is 105 Å². The fourth-order valence-electron chi connectivity index (χ4n) is 8.05. The van der Waals surface area contributed by atoms with E-state index in [1.165, 1.54) is 56.9 Å². The molecule has 16 nitrogen and oxygen atoms in total. The van der Waals surface area contributed by atoms with Gasteiger partial charge in [0, 0.05) is 76.1 Å². The Kier molecular flexibility index (Phi) is 22.9. The molecule has 0 fully saturated rings. The summed E-state index contributed by atoms with van der Waals surface area (Å²) in [5.74, 6) is 2.13. The Morgan fingerprint density at radius 1 is 0.329 bits per heavy atom. The molecule has 0 aliphatic heterocycles. The number of aryl methyl sites for hydroxylation is 2. The Hall–Kier alpha value is -3.32. The monoisotopic (exact) mass is 1050 g/mol. The van der Waals surface area contributed by atoms with Gasteiger partial charge in [0.25, 0.3) is 0 Å². The molecule has 4 aromatic carbocycles. The van der Waals surface area contributed by atoms with E-state index in [4.69, 9.17) is 55.1 Å². The van der Waals surface area contributed by atoms with Gasteiger partial charge in [0.2, 0.25) is 0 Å². The molecule has 0 spiro atoms. The average molecular weight is 1060 g/mol. The van der Waals surface area contributed by atoms with Crippen LogP contribution in [0.25, 0.3) is 0 Å². The van der Waals surface area contributed by atoms with Gasteiger partial charge in [-0.1, -0.05) is 34.6 Å². The van der Waals surface area contributed by atoms with Gasteiger partial charge < -0.3 is 55.1 Å². The summed E-state index contributed by atoms with van der Waals surface area (Å²) in [4.78, 5) is 0. The van der Waals surface area contributed by atoms with Crippen molar-refractivity contribution in [1.82, 2.24) is 0 Å². The first kappa shape index (κ1) is 59.2. The molecule has 0 amide bonds. The zero-order valence-electron chi connectivity index (χ0n) is 43.4. The van der Waals surface area contributed by atoms with Crippen LogP contribution in [0.2, 0.25) is 0 Å². The number of rotatable bonds is 31. The first-order valence-corrected chi connectivity index (χ1v) is 29.6. The third kappa shape index (κ3) is 13.6. The van der Waals surface area contributed by atoms with Crippen molar-refractivity contribution in [3.05, 3.63) is 93.0 Å². The smallest absolute Gasteiger partial charge is 0.360 e. The number of ether oxygens (including phenoxy) is 4. The van der Waals surface area contributed by atoms with Gasteiger partial charge in [0.15, 0.2) is 0 Å². The molecule has 70 heavy (non-hydrogen) atoms. The maximum Gasteiger partial charge on any atom is 0.360 e. The lowest BCUT2D eigenvalue weighted by atomic mass is 9.93. The molecule has 0 atom stereocenters. The number of benzene rings is 4. The normalized spacial score (nSPS) is 12.4. The molecule has 0 N–H and O–H groups in total. The van der Waals surface area contributed by atoms with Crippen molar-refractivity contribution < 1.29 is 73.4 Å². The lowest BCUT2D eigenvalue weighted by Crippen LogP contribution is -2.17. The summed E-state index contributed by atoms with van der Waals surface area (Å²) in [5.41, 5.74) is 5.12. The summed E-state index contributed by atoms with van der Waals surface area (Å²) in [6.45, 7) is 13.3. The van der Waals surface area contributed by atoms with E-state index in [-0.39, 0.29) is 29.9 Å². The molecule has 0 saturated heterocycles. The van der Waals surface area contributed by atoms with Crippen LogP contribution in [0, 0.1) is 6.92 Å². The predicted molar refractivity (Wildman–Crippen MR) is 276 cm³/mol. The van der Waals surface area contributed by atoms with E-state index in [2.05, 4.69) is 0 Å². The van der Waals surface area contributed by atoms with Crippen LogP contribution in [-0.4, -0.2) is 83.3 Å². The van der Waals surface area contributed by atoms with Gasteiger partial charge >= 0.3 is 30.4 Å². The molecule has 4 rings (SSSR count). The molecule has 390 valence electrons. The maximum atomic E-state index is 14.5. The summed E-state index contributed by atoms with van der Waals surface area (Å²) in [6.07, 6.45) is 3.67. The molecule has 20 heteroatoms. The minimum atomic E-state index is -3.95. The SMILES string of the molecule is CCCOc1c(C)cc(P(=O)(OC)OC)cc1Cc1cc(P(=O)(OC)OC)cc(Cc2cc(P(=O)(OC)OC)cc(Cc3cc(P(=O)(OC)OC)cc(CC)c3OCCC)c2OCCC)c1OCCC. The third-order valence-corrected chi connectivity index (χ3v) is 18.9. The lowest BCUT2D eigenvalue weighted by Gasteiger charge is -2.25. The van der Waals surface area contributed by atoms with Crippen LogP contribution in [0.15, 0.2) is 48.5 Å². The fraction of sp³-hybridized carbons (Fsp3) is 0.520. The second-order valence-electron chi connectivity index (χ2n) is 16.3. The van der Waals surface area contributed by atoms with E-state index in [0.29, 0.717) is 118 Å². The van der Waals surface area contributed by atoms with E-state index < -0.39 is 30.4 Å². The molecule has 0 aromatic heterocycles. The minimum Gasteiger partial charge on any atom is -0.493 e. The van der Waals surface area contributed by atoms with Crippen molar-refractivity contribution in [3.63, 3.8) is 0 Å². The van der Waals surface area contributed by atoms with Gasteiger partial charge in [-0.15, -0.1) is 0 Å². The molecule has 0 bridgehead atoms. The molecule has 0 saturated carbocycles. The molecule has 4 aromatic rings. The molecule has 0 aliphatic rings. The van der Waals surface area contributed by atoms with E-state index in [0.717, 1.165) is 18.4 Å². The van der Waals surface area contributed by atoms with Crippen LogP contribution < -0.4 is 40.2 Å². The summed E-state index contributed by atoms with van der Waals surface area (Å²) in [7, 11) is -4.76. The van der Waals surface area contributed by atoms with Gasteiger partial charge in [0.05, 0.1) is 47.6 Å². The minimum absolute atomic E-state index is 0.0729. The lowest BCUT2D eigenvalue weighted by molar-refractivity contribution is 0.286. The number of hydrogen-bond acceptors (Lipinski definition) is 16. The van der Waals surface area contributed by atoms with Crippen molar-refractivity contribution in [3.8, 4) is 23.0 Å². The molecule has 0 radical (unpaired) electrons. The van der Waals surface area contributed by atoms with Crippen molar-refractivity contribution in [2.45, 2.75) is 92.9 Å². The van der Waals surface area contributed by atoms with Crippen molar-refractivity contribution in [2.75, 3.05) is 83.3 Å². The molecule has 0 unspecified atom stereocenters. The summed E-state index contributed by atoms with van der Waals surface area (Å²) in [6, 6.07) is 13.9. The third-order valence-electron chi connectivity index (χ3n) is 11.5. The summed E-state index contributed by atoms with van der Waals surface area (Å²) < 4.78 is 127. The first-order chi connectivity index (χ1) is 33.4. The van der Waals surface area contributed by atoms with Gasteiger partial charge in [-0.3, -0.25) is 18.3 Å². The average Bonchev–Trinajstić information content (AvgIpc) is 3.38. The standard InChI is InChI=1S/C50H74O16P4/c1-15-20-63-47-35(6)24-43(67(51,55-7)56-8)29-37(47)25-39-31-45(69(53,59-11)60-12)33-41(49(39)65-22-17-3)27-42-34-46(70(54,61-13)62-14)32-40(50(42)66-23-18-4)26-38-30-44(68(52,57-9)58-10)28-36(19-5)48(38)64-21-16-2/h24,28-34H,15-23,25-27H2,1-14H3. The van der Waals surface area contributed by atoms with Crippen LogP contribution in [0.4, 0.5) is 0 Å². The van der Waals surface area contributed by atoms with Gasteiger partial charge in [-0.25, -0.2) is 0 Å². The van der Waals surface area contributed by atoms with E-state index >= 15 is 0 Å². The van der Waals surface area contributed by atoms with Crippen LogP contribution in [0.5, 0.6) is 23.0 Å². The van der Waals surface area contributed by atoms with Crippen LogP contribution >= 0.6 is 30.4 Å². The largest absolute Gasteiger partial charge is 0.493 e. The summed E-state index contributed by atoms with van der Waals surface area (Å²) >= 11 is 0. The van der Waals surface area contributed by atoms with E-state index in [9.17, 15) is 18.3 Å². The fourth-order valence-corrected chi connectivity index (χ4v) is 12.9. The van der Waals surface area contributed by atoms with E-state index in [1.807, 2.05) is 41.5 Å². The molecule has 0 aliphatic carbocycles. The van der Waals surface area contributed by atoms with Crippen LogP contribution in [-0.2, 0) is 80.1 Å². The van der Waals surface area contributed by atoms with E-state index in [1.54, 1.807) is 48.5 Å². The Bertz CT molecular complexity index is 2550. The van der Waals surface area contributed by atoms with Crippen molar-refractivity contribution in [1.29, 1.82) is 0 Å². The Morgan fingerprint density at radius 3 is 0.786 bits per heavy atom. The second kappa shape index (κ2) is 27.1. The number of hydrogen-bond donors (Lipinski definition) is 0. The highest BCUT2D eigenvalue weighted by Crippen LogP contribution is 2.51. The molecular weight excluding hydrogens is 980 g/mol. The maximum absolute atomic E-state index is 14.5. The Balaban J connectivity index is 2.19. The quantitative estimate of drug-likeness (QED) is 0.0434. The highest BCUT2D eigenvalue weighted by molar-refractivity contribution is 7.63. The van der Waals surface area contributed by atoms with Gasteiger partial charge in [0.1, 0.15) is 23.0 Å². The topological polar surface area (TPSA) is 179 Å². The summed E-state index contributed by atoms with van der Waals surface area (Å²) in [5, 5.41) is 1.16. The van der Waals surface area contributed by atoms with Gasteiger partial charge in [-0.05, 0) is 132 Å². The molecule has 0 heterocycles. The zero-order chi connectivity index (χ0) is 51.9. The van der Waals surface area contributed by atoms with Crippen LogP contribution in [0.3, 0.4) is 0 Å². The van der Waals surface area contributed by atoms with Crippen molar-refractivity contribution >= 4 is 51.6 Å². The highest BCUT2D eigenvalue weighted by Gasteiger charge is 2.34. The zero-order valence-corrected chi connectivity index (χ0v) is 47.0. The predicted octanol–water partition coefficient (Wildman–Crippen LogP) is 10.9. The first-order valence-electron chi connectivity index (χ1n) is 23.5. The van der Waals surface area contributed by atoms with Crippen molar-refractivity contribution in [2.24, 2.45) is 0 Å². The molecular formula is C50H74O16P4. The highest BCUT2D eigenvalue weighted by atomic mass is 31.2. The Labute approximate surface area is 415 Å². The second-order valence-corrected chi connectivity index (χ2v) is 25.2. The Morgan fingerprint density at radius 2 is 0.543 bits per heavy atom.